The van der Waals surface area contributed by atoms with Gasteiger partial charge >= 0.3 is 0 Å². The van der Waals surface area contributed by atoms with Crippen LogP contribution in [0.1, 0.15) is 58.6 Å². The second kappa shape index (κ2) is 7.81. The summed E-state index contributed by atoms with van der Waals surface area (Å²) in [5.74, 6) is 1.01. The van der Waals surface area contributed by atoms with Crippen molar-refractivity contribution in [1.29, 1.82) is 0 Å². The van der Waals surface area contributed by atoms with E-state index in [4.69, 9.17) is 9.47 Å². The molecule has 3 nitrogen and oxygen atoms in total. The van der Waals surface area contributed by atoms with Crippen molar-refractivity contribution in [2.75, 3.05) is 6.54 Å². The average molecular weight is 291 g/mol. The first kappa shape index (κ1) is 16.3. The Morgan fingerprint density at radius 1 is 1.24 bits per heavy atom. The van der Waals surface area contributed by atoms with Crippen LogP contribution in [0.2, 0.25) is 0 Å². The van der Waals surface area contributed by atoms with Crippen molar-refractivity contribution in [1.82, 2.24) is 5.32 Å². The summed E-state index contributed by atoms with van der Waals surface area (Å²) in [6.07, 6.45) is 3.89. The lowest BCUT2D eigenvalue weighted by Crippen LogP contribution is -2.36. The van der Waals surface area contributed by atoms with Gasteiger partial charge in [0, 0.05) is 24.4 Å². The van der Waals surface area contributed by atoms with Gasteiger partial charge in [0.1, 0.15) is 11.9 Å². The normalized spacial score (nSPS) is 27.3. The van der Waals surface area contributed by atoms with E-state index in [0.29, 0.717) is 6.04 Å². The van der Waals surface area contributed by atoms with Crippen LogP contribution in [0, 0.1) is 0 Å². The number of hydrogen-bond acceptors (Lipinski definition) is 3. The molecule has 2 rings (SSSR count). The molecule has 0 aliphatic carbocycles. The molecule has 21 heavy (non-hydrogen) atoms. The van der Waals surface area contributed by atoms with Crippen molar-refractivity contribution in [3.05, 3.63) is 29.8 Å². The van der Waals surface area contributed by atoms with Gasteiger partial charge in [-0.3, -0.25) is 0 Å². The monoisotopic (exact) mass is 291 g/mol. The summed E-state index contributed by atoms with van der Waals surface area (Å²) >= 11 is 0. The molecule has 1 aromatic rings. The second-order valence-electron chi connectivity index (χ2n) is 6.18. The minimum atomic E-state index is 0.253. The van der Waals surface area contributed by atoms with Gasteiger partial charge in [0.15, 0.2) is 0 Å². The van der Waals surface area contributed by atoms with E-state index in [1.165, 1.54) is 5.56 Å². The Hall–Kier alpha value is -1.06. The van der Waals surface area contributed by atoms with E-state index in [0.717, 1.165) is 31.6 Å². The molecule has 0 spiro atoms. The molecule has 0 bridgehead atoms. The van der Waals surface area contributed by atoms with Crippen molar-refractivity contribution in [3.63, 3.8) is 0 Å². The lowest BCUT2D eigenvalue weighted by molar-refractivity contribution is -0.0723. The maximum Gasteiger partial charge on any atom is 0.124 e. The predicted octanol–water partition coefficient (Wildman–Crippen LogP) is 4.08. The highest BCUT2D eigenvalue weighted by molar-refractivity contribution is 5.35. The van der Waals surface area contributed by atoms with E-state index in [-0.39, 0.29) is 18.3 Å². The zero-order valence-corrected chi connectivity index (χ0v) is 13.8. The van der Waals surface area contributed by atoms with Gasteiger partial charge in [-0.15, -0.1) is 0 Å². The van der Waals surface area contributed by atoms with Gasteiger partial charge in [0.2, 0.25) is 0 Å². The fraction of sp³-hybridized carbons (Fsp3) is 0.667. The van der Waals surface area contributed by atoms with E-state index < -0.39 is 0 Å². The van der Waals surface area contributed by atoms with E-state index in [2.05, 4.69) is 57.3 Å². The summed E-state index contributed by atoms with van der Waals surface area (Å²) < 4.78 is 12.1. The Morgan fingerprint density at radius 2 is 1.90 bits per heavy atom. The van der Waals surface area contributed by atoms with Gasteiger partial charge < -0.3 is 14.8 Å². The number of para-hydroxylation sites is 1. The smallest absolute Gasteiger partial charge is 0.124 e. The van der Waals surface area contributed by atoms with Crippen molar-refractivity contribution in [2.24, 2.45) is 0 Å². The topological polar surface area (TPSA) is 30.5 Å². The molecule has 1 fully saturated rings. The first-order chi connectivity index (χ1) is 10.1. The number of hydrogen-bond donors (Lipinski definition) is 1. The quantitative estimate of drug-likeness (QED) is 0.856. The zero-order chi connectivity index (χ0) is 15.2. The molecule has 1 N–H and O–H groups in total. The molecule has 0 radical (unpaired) electrons. The minimum Gasteiger partial charge on any atom is -0.490 e. The summed E-state index contributed by atoms with van der Waals surface area (Å²) in [6.45, 7) is 9.67. The van der Waals surface area contributed by atoms with Gasteiger partial charge in [0.25, 0.3) is 0 Å². The molecule has 3 unspecified atom stereocenters. The Labute approximate surface area is 129 Å². The first-order valence-corrected chi connectivity index (χ1v) is 8.24. The summed E-state index contributed by atoms with van der Waals surface area (Å²) in [7, 11) is 0. The molecule has 1 aromatic carbocycles. The van der Waals surface area contributed by atoms with Crippen molar-refractivity contribution in [2.45, 2.75) is 71.3 Å². The van der Waals surface area contributed by atoms with Crippen LogP contribution < -0.4 is 10.1 Å². The molecule has 118 valence electrons. The highest BCUT2D eigenvalue weighted by atomic mass is 16.5. The summed E-state index contributed by atoms with van der Waals surface area (Å²) in [5, 5.41) is 3.54. The average Bonchev–Trinajstić information content (AvgIpc) is 2.44. The summed E-state index contributed by atoms with van der Waals surface area (Å²) in [5.41, 5.74) is 1.25. The Bertz CT molecular complexity index is 425. The molecule has 3 atom stereocenters. The summed E-state index contributed by atoms with van der Waals surface area (Å²) in [4.78, 5) is 0. The van der Waals surface area contributed by atoms with E-state index in [9.17, 15) is 0 Å². The number of ether oxygens (including phenoxy) is 2. The molecule has 0 saturated carbocycles. The van der Waals surface area contributed by atoms with Crippen LogP contribution in [0.5, 0.6) is 5.75 Å². The van der Waals surface area contributed by atoms with Gasteiger partial charge in [-0.1, -0.05) is 25.1 Å². The van der Waals surface area contributed by atoms with Crippen LogP contribution in [0.15, 0.2) is 24.3 Å². The fourth-order valence-corrected chi connectivity index (χ4v) is 3.04. The molecule has 1 saturated heterocycles. The van der Waals surface area contributed by atoms with Crippen molar-refractivity contribution in [3.8, 4) is 5.75 Å². The highest BCUT2D eigenvalue weighted by Crippen LogP contribution is 2.29. The second-order valence-corrected chi connectivity index (χ2v) is 6.18. The van der Waals surface area contributed by atoms with Gasteiger partial charge in [0.05, 0.1) is 12.2 Å². The van der Waals surface area contributed by atoms with E-state index >= 15 is 0 Å². The third-order valence-electron chi connectivity index (χ3n) is 4.03. The van der Waals surface area contributed by atoms with Crippen molar-refractivity contribution >= 4 is 0 Å². The largest absolute Gasteiger partial charge is 0.490 e. The summed E-state index contributed by atoms with van der Waals surface area (Å²) in [6, 6.07) is 8.70. The first-order valence-electron chi connectivity index (χ1n) is 8.24. The molecular formula is C18H29NO2. The maximum absolute atomic E-state index is 6.31. The van der Waals surface area contributed by atoms with Crippen LogP contribution in [-0.4, -0.2) is 24.9 Å². The molecule has 0 aromatic heterocycles. The molecular weight excluding hydrogens is 262 g/mol. The fourth-order valence-electron chi connectivity index (χ4n) is 3.04. The highest BCUT2D eigenvalue weighted by Gasteiger charge is 2.26. The van der Waals surface area contributed by atoms with E-state index in [1.54, 1.807) is 0 Å². The molecule has 0 amide bonds. The lowest BCUT2D eigenvalue weighted by Gasteiger charge is -2.33. The van der Waals surface area contributed by atoms with Crippen LogP contribution >= 0.6 is 0 Å². The van der Waals surface area contributed by atoms with Gasteiger partial charge in [-0.25, -0.2) is 0 Å². The van der Waals surface area contributed by atoms with Gasteiger partial charge in [-0.05, 0) is 39.8 Å². The van der Waals surface area contributed by atoms with E-state index in [1.807, 2.05) is 0 Å². The minimum absolute atomic E-state index is 0.253. The van der Waals surface area contributed by atoms with Gasteiger partial charge in [-0.2, -0.15) is 0 Å². The van der Waals surface area contributed by atoms with Crippen LogP contribution in [0.4, 0.5) is 0 Å². The third kappa shape index (κ3) is 4.72. The standard InChI is InChI=1S/C18H29NO2/c1-5-10-19-15(4)17-8-6-7-9-18(17)21-16-11-13(2)20-14(3)12-16/h6-9,13-16,19H,5,10-12H2,1-4H3. The van der Waals surface area contributed by atoms with Crippen molar-refractivity contribution < 1.29 is 9.47 Å². The number of nitrogens with one attached hydrogen (secondary N) is 1. The zero-order valence-electron chi connectivity index (χ0n) is 13.8. The number of benzene rings is 1. The lowest BCUT2D eigenvalue weighted by atomic mass is 10.0. The molecule has 1 heterocycles. The maximum atomic E-state index is 6.31. The third-order valence-corrected chi connectivity index (χ3v) is 4.03. The SMILES string of the molecule is CCCNC(C)c1ccccc1OC1CC(C)OC(C)C1. The molecule has 1 aliphatic rings. The molecule has 1 aliphatic heterocycles. The van der Waals surface area contributed by atoms with Crippen LogP contribution in [0.25, 0.3) is 0 Å². The van der Waals surface area contributed by atoms with Crippen LogP contribution in [-0.2, 0) is 4.74 Å². The Balaban J connectivity index is 2.05. The Kier molecular flexibility index (Phi) is 6.07. The number of rotatable bonds is 6. The Morgan fingerprint density at radius 3 is 2.57 bits per heavy atom. The van der Waals surface area contributed by atoms with Crippen LogP contribution in [0.3, 0.4) is 0 Å². The molecule has 3 heteroatoms. The predicted molar refractivity (Wildman–Crippen MR) is 86.8 cm³/mol.